The summed E-state index contributed by atoms with van der Waals surface area (Å²) >= 11 is 0. The largest absolute Gasteiger partial charge is 0.373 e. The van der Waals surface area contributed by atoms with Gasteiger partial charge >= 0.3 is 0 Å². The van der Waals surface area contributed by atoms with Crippen LogP contribution in [0, 0.1) is 11.3 Å². The Bertz CT molecular complexity index is 302. The van der Waals surface area contributed by atoms with Gasteiger partial charge in [0.05, 0.1) is 12.2 Å². The highest BCUT2D eigenvalue weighted by atomic mass is 16.5. The Kier molecular flexibility index (Phi) is 6.55. The van der Waals surface area contributed by atoms with E-state index < -0.39 is 0 Å². The first-order valence-corrected chi connectivity index (χ1v) is 9.39. The van der Waals surface area contributed by atoms with Crippen molar-refractivity contribution >= 4 is 0 Å². The quantitative estimate of drug-likeness (QED) is 0.727. The van der Waals surface area contributed by atoms with Gasteiger partial charge in [0.1, 0.15) is 0 Å². The third kappa shape index (κ3) is 5.56. The lowest BCUT2D eigenvalue weighted by Gasteiger charge is -2.41. The zero-order chi connectivity index (χ0) is 15.3. The zero-order valence-corrected chi connectivity index (χ0v) is 14.8. The van der Waals surface area contributed by atoms with Crippen LogP contribution in [0.25, 0.3) is 0 Å². The average Bonchev–Trinajstić information content (AvgIpc) is 2.59. The van der Waals surface area contributed by atoms with E-state index in [2.05, 4.69) is 33.0 Å². The maximum Gasteiger partial charge on any atom is 0.0731 e. The highest BCUT2D eigenvalue weighted by molar-refractivity contribution is 4.87. The standard InChI is InChI=1S/C19H37NO/c1-5-11-20-17-9-7-6-8-10-18(17)21-16-12-15(2)13-19(3,4)14-16/h15-18,20H,5-14H2,1-4H3. The van der Waals surface area contributed by atoms with Crippen LogP contribution in [-0.4, -0.2) is 24.8 Å². The summed E-state index contributed by atoms with van der Waals surface area (Å²) < 4.78 is 6.67. The van der Waals surface area contributed by atoms with Crippen molar-refractivity contribution in [2.75, 3.05) is 6.54 Å². The fourth-order valence-corrected chi connectivity index (χ4v) is 4.61. The van der Waals surface area contributed by atoms with Crippen molar-refractivity contribution in [3.8, 4) is 0 Å². The van der Waals surface area contributed by atoms with Crippen LogP contribution >= 0.6 is 0 Å². The van der Waals surface area contributed by atoms with Gasteiger partial charge in [-0.15, -0.1) is 0 Å². The smallest absolute Gasteiger partial charge is 0.0731 e. The van der Waals surface area contributed by atoms with E-state index in [1.165, 1.54) is 57.8 Å². The summed E-state index contributed by atoms with van der Waals surface area (Å²) in [5.41, 5.74) is 0.458. The highest BCUT2D eigenvalue weighted by Crippen LogP contribution is 2.40. The van der Waals surface area contributed by atoms with Crippen molar-refractivity contribution < 1.29 is 4.74 Å². The average molecular weight is 296 g/mol. The Morgan fingerprint density at radius 3 is 2.57 bits per heavy atom. The van der Waals surface area contributed by atoms with E-state index in [1.807, 2.05) is 0 Å². The van der Waals surface area contributed by atoms with Gasteiger partial charge in [-0.25, -0.2) is 0 Å². The van der Waals surface area contributed by atoms with Crippen LogP contribution in [0.4, 0.5) is 0 Å². The van der Waals surface area contributed by atoms with Gasteiger partial charge in [0.25, 0.3) is 0 Å². The van der Waals surface area contributed by atoms with Gasteiger partial charge in [-0.3, -0.25) is 0 Å². The molecule has 21 heavy (non-hydrogen) atoms. The molecule has 1 N–H and O–H groups in total. The van der Waals surface area contributed by atoms with E-state index in [0.29, 0.717) is 23.7 Å². The maximum atomic E-state index is 6.67. The van der Waals surface area contributed by atoms with Crippen LogP contribution in [-0.2, 0) is 4.74 Å². The highest BCUT2D eigenvalue weighted by Gasteiger charge is 2.35. The molecule has 124 valence electrons. The molecular formula is C19H37NO. The molecule has 2 saturated carbocycles. The molecule has 2 aliphatic rings. The topological polar surface area (TPSA) is 21.3 Å². The van der Waals surface area contributed by atoms with E-state index in [9.17, 15) is 0 Å². The van der Waals surface area contributed by atoms with Crippen molar-refractivity contribution in [2.24, 2.45) is 11.3 Å². The monoisotopic (exact) mass is 295 g/mol. The molecule has 0 spiro atoms. The van der Waals surface area contributed by atoms with E-state index in [0.717, 1.165) is 12.5 Å². The Morgan fingerprint density at radius 1 is 1.10 bits per heavy atom. The number of rotatable bonds is 5. The van der Waals surface area contributed by atoms with Gasteiger partial charge < -0.3 is 10.1 Å². The van der Waals surface area contributed by atoms with Gasteiger partial charge in [0.2, 0.25) is 0 Å². The van der Waals surface area contributed by atoms with Gasteiger partial charge in [-0.1, -0.05) is 47.0 Å². The molecule has 0 aliphatic heterocycles. The summed E-state index contributed by atoms with van der Waals surface area (Å²) in [7, 11) is 0. The van der Waals surface area contributed by atoms with Crippen LogP contribution < -0.4 is 5.32 Å². The molecular weight excluding hydrogens is 258 g/mol. The molecule has 2 rings (SSSR count). The minimum absolute atomic E-state index is 0.449. The lowest BCUT2D eigenvalue weighted by molar-refractivity contribution is -0.0796. The van der Waals surface area contributed by atoms with Gasteiger partial charge in [0.15, 0.2) is 0 Å². The molecule has 2 heteroatoms. The molecule has 0 amide bonds. The van der Waals surface area contributed by atoms with Gasteiger partial charge in [-0.2, -0.15) is 0 Å². The number of nitrogens with one attached hydrogen (secondary N) is 1. The zero-order valence-electron chi connectivity index (χ0n) is 14.8. The third-order valence-electron chi connectivity index (χ3n) is 5.32. The van der Waals surface area contributed by atoms with Crippen molar-refractivity contribution in [3.63, 3.8) is 0 Å². The van der Waals surface area contributed by atoms with E-state index in [4.69, 9.17) is 4.74 Å². The van der Waals surface area contributed by atoms with Crippen LogP contribution in [0.2, 0.25) is 0 Å². The molecule has 0 aromatic carbocycles. The summed E-state index contributed by atoms with van der Waals surface area (Å²) in [6.07, 6.45) is 12.7. The van der Waals surface area contributed by atoms with Gasteiger partial charge in [-0.05, 0) is 56.4 Å². The summed E-state index contributed by atoms with van der Waals surface area (Å²) in [4.78, 5) is 0. The molecule has 0 heterocycles. The maximum absolute atomic E-state index is 6.67. The molecule has 2 aliphatic carbocycles. The molecule has 2 nitrogen and oxygen atoms in total. The Balaban J connectivity index is 1.93. The fraction of sp³-hybridized carbons (Fsp3) is 1.00. The molecule has 0 saturated heterocycles. The van der Waals surface area contributed by atoms with Gasteiger partial charge in [0, 0.05) is 6.04 Å². The first-order chi connectivity index (χ1) is 10.00. The molecule has 0 bridgehead atoms. The predicted octanol–water partition coefficient (Wildman–Crippen LogP) is 4.92. The van der Waals surface area contributed by atoms with E-state index >= 15 is 0 Å². The SMILES string of the molecule is CCCNC1CCCCCC1OC1CC(C)CC(C)(C)C1. The Labute approximate surface area is 132 Å². The fourth-order valence-electron chi connectivity index (χ4n) is 4.61. The first-order valence-electron chi connectivity index (χ1n) is 9.39. The van der Waals surface area contributed by atoms with Crippen molar-refractivity contribution in [2.45, 2.75) is 104 Å². The second-order valence-electron chi connectivity index (χ2n) is 8.41. The van der Waals surface area contributed by atoms with Crippen LogP contribution in [0.3, 0.4) is 0 Å². The minimum atomic E-state index is 0.449. The van der Waals surface area contributed by atoms with Crippen molar-refractivity contribution in [1.82, 2.24) is 5.32 Å². The molecule has 0 aromatic rings. The second kappa shape index (κ2) is 7.97. The summed E-state index contributed by atoms with van der Waals surface area (Å²) in [6.45, 7) is 10.6. The molecule has 0 radical (unpaired) electrons. The lowest BCUT2D eigenvalue weighted by atomic mass is 9.71. The van der Waals surface area contributed by atoms with Crippen LogP contribution in [0.5, 0.6) is 0 Å². The first kappa shape index (κ1) is 17.3. The van der Waals surface area contributed by atoms with Crippen LogP contribution in [0.1, 0.15) is 85.5 Å². The van der Waals surface area contributed by atoms with Crippen LogP contribution in [0.15, 0.2) is 0 Å². The minimum Gasteiger partial charge on any atom is -0.373 e. The van der Waals surface area contributed by atoms with Crippen molar-refractivity contribution in [3.05, 3.63) is 0 Å². The molecule has 2 fully saturated rings. The number of hydrogen-bond donors (Lipinski definition) is 1. The predicted molar refractivity (Wildman–Crippen MR) is 90.6 cm³/mol. The summed E-state index contributed by atoms with van der Waals surface area (Å²) in [5.74, 6) is 0.812. The second-order valence-corrected chi connectivity index (χ2v) is 8.41. The summed E-state index contributed by atoms with van der Waals surface area (Å²) in [5, 5.41) is 3.76. The Morgan fingerprint density at radius 2 is 1.86 bits per heavy atom. The van der Waals surface area contributed by atoms with Crippen molar-refractivity contribution in [1.29, 1.82) is 0 Å². The number of hydrogen-bond acceptors (Lipinski definition) is 2. The molecule has 4 unspecified atom stereocenters. The normalized spacial score (nSPS) is 37.1. The number of ether oxygens (including phenoxy) is 1. The lowest BCUT2D eigenvalue weighted by Crippen LogP contribution is -2.44. The molecule has 4 atom stereocenters. The third-order valence-corrected chi connectivity index (χ3v) is 5.32. The summed E-state index contributed by atoms with van der Waals surface area (Å²) in [6, 6.07) is 0.591. The molecule has 0 aromatic heterocycles. The van der Waals surface area contributed by atoms with E-state index in [-0.39, 0.29) is 0 Å². The van der Waals surface area contributed by atoms with E-state index in [1.54, 1.807) is 0 Å². The Hall–Kier alpha value is -0.0800.